The molecule has 1 atom stereocenters. The van der Waals surface area contributed by atoms with Gasteiger partial charge in [0.15, 0.2) is 11.5 Å². The van der Waals surface area contributed by atoms with Crippen molar-refractivity contribution in [1.82, 2.24) is 14.9 Å². The van der Waals surface area contributed by atoms with Crippen LogP contribution in [0.15, 0.2) is 53.1 Å². The Bertz CT molecular complexity index is 1170. The molecule has 2 N–H and O–H groups in total. The minimum atomic E-state index is -0.848. The number of oxazole rings is 1. The first kappa shape index (κ1) is 18.7. The molecule has 0 radical (unpaired) electrons. The van der Waals surface area contributed by atoms with Gasteiger partial charge in [0.25, 0.3) is 0 Å². The number of methoxy groups -OCH3 is 1. The lowest BCUT2D eigenvalue weighted by atomic mass is 9.94. The van der Waals surface area contributed by atoms with E-state index in [4.69, 9.17) is 9.15 Å². The number of nitrogens with zero attached hydrogens (tertiary/aromatic N) is 2. The van der Waals surface area contributed by atoms with Crippen LogP contribution in [0, 0.1) is 0 Å². The van der Waals surface area contributed by atoms with Crippen LogP contribution >= 0.6 is 0 Å². The van der Waals surface area contributed by atoms with E-state index in [9.17, 15) is 9.90 Å². The number of aromatic nitrogens is 2. The van der Waals surface area contributed by atoms with Gasteiger partial charge in [0.05, 0.1) is 12.6 Å². The maximum Gasteiger partial charge on any atom is 0.325 e. The molecule has 3 heterocycles. The highest BCUT2D eigenvalue weighted by Gasteiger charge is 2.34. The molecule has 0 saturated carbocycles. The topological polar surface area (TPSA) is 91.6 Å². The molecule has 0 amide bonds. The number of para-hydroxylation sites is 3. The van der Waals surface area contributed by atoms with Gasteiger partial charge in [-0.25, -0.2) is 4.98 Å². The SMILES string of the molecule is COc1cccc2c([C@@H](C(=O)O)N3CCC(c4nc5ccccc5o4)CC3)c[nH]c12. The number of hydrogen-bond donors (Lipinski definition) is 2. The number of benzene rings is 2. The smallest absolute Gasteiger partial charge is 0.325 e. The highest BCUT2D eigenvalue weighted by atomic mass is 16.5. The Labute approximate surface area is 173 Å². The van der Waals surface area contributed by atoms with Crippen molar-refractivity contribution in [3.8, 4) is 5.75 Å². The summed E-state index contributed by atoms with van der Waals surface area (Å²) in [6.45, 7) is 1.33. The first-order valence-electron chi connectivity index (χ1n) is 10.1. The zero-order chi connectivity index (χ0) is 20.7. The standard InChI is InChI=1S/C23H23N3O4/c1-29-19-8-4-5-15-16(13-24-20(15)19)21(23(27)28)26-11-9-14(10-12-26)22-25-17-6-2-3-7-18(17)30-22/h2-8,13-14,21,24H,9-12H2,1H3,(H,27,28)/t21-/m0/s1. The number of H-pyrrole nitrogens is 1. The molecule has 0 aliphatic carbocycles. The molecule has 30 heavy (non-hydrogen) atoms. The second kappa shape index (κ2) is 7.50. The van der Waals surface area contributed by atoms with Crippen molar-refractivity contribution in [2.45, 2.75) is 24.8 Å². The molecule has 4 aromatic rings. The Morgan fingerprint density at radius 2 is 2.03 bits per heavy atom. The van der Waals surface area contributed by atoms with Crippen LogP contribution < -0.4 is 4.74 Å². The average molecular weight is 405 g/mol. The number of piperidine rings is 1. The van der Waals surface area contributed by atoms with Crippen molar-refractivity contribution in [2.75, 3.05) is 20.2 Å². The molecule has 1 saturated heterocycles. The van der Waals surface area contributed by atoms with Crippen LogP contribution in [0.2, 0.25) is 0 Å². The molecule has 0 unspecified atom stereocenters. The summed E-state index contributed by atoms with van der Waals surface area (Å²) in [5.74, 6) is 0.808. The lowest BCUT2D eigenvalue weighted by molar-refractivity contribution is -0.144. The summed E-state index contributed by atoms with van der Waals surface area (Å²) >= 11 is 0. The third-order valence-corrected chi connectivity index (χ3v) is 6.01. The Morgan fingerprint density at radius 1 is 1.23 bits per heavy atom. The number of aromatic amines is 1. The van der Waals surface area contributed by atoms with Gasteiger partial charge in [0.1, 0.15) is 17.3 Å². The van der Waals surface area contributed by atoms with E-state index in [0.29, 0.717) is 18.8 Å². The van der Waals surface area contributed by atoms with Gasteiger partial charge in [-0.2, -0.15) is 0 Å². The van der Waals surface area contributed by atoms with Crippen LogP contribution in [0.1, 0.15) is 36.3 Å². The molecule has 2 aromatic heterocycles. The van der Waals surface area contributed by atoms with Crippen LogP contribution in [0.25, 0.3) is 22.0 Å². The number of ether oxygens (including phenoxy) is 1. The van der Waals surface area contributed by atoms with Gasteiger partial charge in [-0.3, -0.25) is 9.69 Å². The Hall–Kier alpha value is -3.32. The average Bonchev–Trinajstić information content (AvgIpc) is 3.39. The Morgan fingerprint density at radius 3 is 2.77 bits per heavy atom. The fourth-order valence-electron chi connectivity index (χ4n) is 4.50. The van der Waals surface area contributed by atoms with Gasteiger partial charge in [0.2, 0.25) is 0 Å². The summed E-state index contributed by atoms with van der Waals surface area (Å²) in [7, 11) is 1.61. The molecule has 0 spiro atoms. The first-order chi connectivity index (χ1) is 14.7. The van der Waals surface area contributed by atoms with E-state index in [1.54, 1.807) is 13.3 Å². The van der Waals surface area contributed by atoms with Crippen LogP contribution in [0.5, 0.6) is 5.75 Å². The summed E-state index contributed by atoms with van der Waals surface area (Å²) in [5.41, 5.74) is 3.25. The minimum absolute atomic E-state index is 0.200. The molecule has 5 rings (SSSR count). The number of fused-ring (bicyclic) bond motifs is 2. The van der Waals surface area contributed by atoms with E-state index in [-0.39, 0.29) is 5.92 Å². The largest absolute Gasteiger partial charge is 0.495 e. The van der Waals surface area contributed by atoms with Crippen molar-refractivity contribution in [1.29, 1.82) is 0 Å². The molecular weight excluding hydrogens is 382 g/mol. The summed E-state index contributed by atoms with van der Waals surface area (Å²) < 4.78 is 11.3. The van der Waals surface area contributed by atoms with Crippen molar-refractivity contribution < 1.29 is 19.1 Å². The van der Waals surface area contributed by atoms with Crippen LogP contribution in [0.4, 0.5) is 0 Å². The lowest BCUT2D eigenvalue weighted by Gasteiger charge is -2.34. The normalized spacial score (nSPS) is 16.8. The highest BCUT2D eigenvalue weighted by Crippen LogP contribution is 2.37. The fraction of sp³-hybridized carbons (Fsp3) is 0.304. The van der Waals surface area contributed by atoms with E-state index in [1.165, 1.54) is 0 Å². The van der Waals surface area contributed by atoms with Gasteiger partial charge in [0, 0.05) is 36.2 Å². The zero-order valence-electron chi connectivity index (χ0n) is 16.7. The zero-order valence-corrected chi connectivity index (χ0v) is 16.7. The summed E-state index contributed by atoms with van der Waals surface area (Å²) in [6, 6.07) is 12.7. The molecule has 0 bridgehead atoms. The number of hydrogen-bond acceptors (Lipinski definition) is 5. The van der Waals surface area contributed by atoms with Crippen molar-refractivity contribution >= 4 is 28.0 Å². The molecule has 1 aliphatic heterocycles. The van der Waals surface area contributed by atoms with E-state index in [0.717, 1.165) is 46.3 Å². The second-order valence-electron chi connectivity index (χ2n) is 7.70. The number of carboxylic acids is 1. The number of nitrogens with one attached hydrogen (secondary N) is 1. The number of likely N-dealkylation sites (tertiary alicyclic amines) is 1. The predicted octanol–water partition coefficient (Wildman–Crippen LogP) is 4.32. The Kier molecular flexibility index (Phi) is 4.67. The van der Waals surface area contributed by atoms with Gasteiger partial charge in [-0.15, -0.1) is 0 Å². The molecule has 1 aliphatic rings. The van der Waals surface area contributed by atoms with E-state index in [2.05, 4.69) is 9.97 Å². The van der Waals surface area contributed by atoms with Gasteiger partial charge in [-0.1, -0.05) is 24.3 Å². The van der Waals surface area contributed by atoms with E-state index >= 15 is 0 Å². The van der Waals surface area contributed by atoms with E-state index in [1.807, 2.05) is 47.4 Å². The molecular formula is C23H23N3O4. The first-order valence-corrected chi connectivity index (χ1v) is 10.1. The molecule has 1 fully saturated rings. The van der Waals surface area contributed by atoms with Crippen molar-refractivity contribution in [3.63, 3.8) is 0 Å². The summed E-state index contributed by atoms with van der Waals surface area (Å²) in [5, 5.41) is 10.9. The second-order valence-corrected chi connectivity index (χ2v) is 7.70. The quantitative estimate of drug-likeness (QED) is 0.514. The minimum Gasteiger partial charge on any atom is -0.495 e. The number of rotatable bonds is 5. The summed E-state index contributed by atoms with van der Waals surface area (Å²) in [6.07, 6.45) is 3.41. The monoisotopic (exact) mass is 405 g/mol. The van der Waals surface area contributed by atoms with Gasteiger partial charge in [-0.05, 0) is 31.0 Å². The third kappa shape index (κ3) is 3.11. The molecule has 2 aromatic carbocycles. The maximum atomic E-state index is 12.2. The number of carboxylic acid groups (broad SMARTS) is 1. The van der Waals surface area contributed by atoms with Gasteiger partial charge < -0.3 is 19.2 Å². The lowest BCUT2D eigenvalue weighted by Crippen LogP contribution is -2.39. The Balaban J connectivity index is 1.39. The van der Waals surface area contributed by atoms with Crippen LogP contribution in [0.3, 0.4) is 0 Å². The highest BCUT2D eigenvalue weighted by molar-refractivity contribution is 5.92. The van der Waals surface area contributed by atoms with Crippen molar-refractivity contribution in [3.05, 3.63) is 60.1 Å². The number of carbonyl (C=O) groups is 1. The fourth-order valence-corrected chi connectivity index (χ4v) is 4.50. The van der Waals surface area contributed by atoms with Crippen LogP contribution in [-0.4, -0.2) is 46.1 Å². The van der Waals surface area contributed by atoms with Gasteiger partial charge >= 0.3 is 5.97 Å². The molecule has 7 nitrogen and oxygen atoms in total. The predicted molar refractivity (Wildman–Crippen MR) is 113 cm³/mol. The number of aliphatic carboxylic acids is 1. The molecule has 154 valence electrons. The summed E-state index contributed by atoms with van der Waals surface area (Å²) in [4.78, 5) is 22.1. The molecule has 7 heteroatoms. The van der Waals surface area contributed by atoms with Crippen LogP contribution in [-0.2, 0) is 4.79 Å². The maximum absolute atomic E-state index is 12.2. The third-order valence-electron chi connectivity index (χ3n) is 6.01. The van der Waals surface area contributed by atoms with E-state index < -0.39 is 12.0 Å². The van der Waals surface area contributed by atoms with Crippen molar-refractivity contribution in [2.24, 2.45) is 0 Å².